The van der Waals surface area contributed by atoms with Gasteiger partial charge in [-0.3, -0.25) is 14.6 Å². The van der Waals surface area contributed by atoms with Crippen LogP contribution in [0.1, 0.15) is 27.0 Å². The molecule has 0 unspecified atom stereocenters. The highest BCUT2D eigenvalue weighted by Gasteiger charge is 2.07. The zero-order valence-corrected chi connectivity index (χ0v) is 13.7. The van der Waals surface area contributed by atoms with Crippen molar-refractivity contribution in [3.05, 3.63) is 75.3 Å². The molecule has 2 aromatic heterocycles. The van der Waals surface area contributed by atoms with Gasteiger partial charge in [-0.15, -0.1) is 0 Å². The quantitative estimate of drug-likeness (QED) is 0.775. The van der Waals surface area contributed by atoms with Crippen LogP contribution in [0.4, 0.5) is 0 Å². The van der Waals surface area contributed by atoms with Crippen molar-refractivity contribution in [1.29, 1.82) is 0 Å². The van der Waals surface area contributed by atoms with Gasteiger partial charge in [-0.2, -0.15) is 0 Å². The first-order chi connectivity index (χ1) is 11.5. The number of hydrogen-bond donors (Lipinski definition) is 2. The Bertz CT molecular complexity index is 946. The average molecular weight is 321 g/mol. The summed E-state index contributed by atoms with van der Waals surface area (Å²) >= 11 is 0. The molecule has 5 nitrogen and oxygen atoms in total. The second-order valence-corrected chi connectivity index (χ2v) is 5.90. The summed E-state index contributed by atoms with van der Waals surface area (Å²) < 4.78 is 0. The molecule has 5 heteroatoms. The maximum atomic E-state index is 12.2. The molecule has 0 saturated heterocycles. The van der Waals surface area contributed by atoms with Crippen LogP contribution in [0.5, 0.6) is 0 Å². The van der Waals surface area contributed by atoms with Gasteiger partial charge in [0, 0.05) is 30.0 Å². The molecular weight excluding hydrogens is 302 g/mol. The number of aryl methyl sites for hydroxylation is 2. The largest absolute Gasteiger partial charge is 0.352 e. The molecule has 122 valence electrons. The molecule has 3 aromatic rings. The maximum Gasteiger partial charge on any atom is 0.252 e. The predicted molar refractivity (Wildman–Crippen MR) is 94.3 cm³/mol. The van der Waals surface area contributed by atoms with E-state index in [-0.39, 0.29) is 11.5 Å². The van der Waals surface area contributed by atoms with Crippen LogP contribution in [0.15, 0.2) is 47.5 Å². The van der Waals surface area contributed by atoms with Gasteiger partial charge in [-0.25, -0.2) is 0 Å². The van der Waals surface area contributed by atoms with Crippen molar-refractivity contribution in [1.82, 2.24) is 15.3 Å². The number of nitrogens with one attached hydrogen (secondary N) is 2. The lowest BCUT2D eigenvalue weighted by Crippen LogP contribution is -2.27. The molecule has 0 saturated carbocycles. The van der Waals surface area contributed by atoms with E-state index in [1.807, 2.05) is 26.0 Å². The van der Waals surface area contributed by atoms with E-state index in [0.29, 0.717) is 24.1 Å². The highest BCUT2D eigenvalue weighted by Crippen LogP contribution is 2.17. The Kier molecular flexibility index (Phi) is 4.42. The third-order valence-corrected chi connectivity index (χ3v) is 4.14. The molecule has 0 spiro atoms. The molecule has 0 fully saturated rings. The molecule has 2 heterocycles. The zero-order chi connectivity index (χ0) is 17.1. The monoisotopic (exact) mass is 321 g/mol. The molecule has 1 amide bonds. The summed E-state index contributed by atoms with van der Waals surface area (Å²) in [5, 5.41) is 3.82. The summed E-state index contributed by atoms with van der Waals surface area (Å²) in [6.07, 6.45) is 3.61. The molecule has 1 aromatic carbocycles. The van der Waals surface area contributed by atoms with Crippen molar-refractivity contribution in [2.24, 2.45) is 0 Å². The Hall–Kier alpha value is -2.95. The second kappa shape index (κ2) is 6.66. The Morgan fingerprint density at radius 1 is 1.21 bits per heavy atom. The van der Waals surface area contributed by atoms with Crippen molar-refractivity contribution >= 4 is 16.8 Å². The van der Waals surface area contributed by atoms with E-state index in [1.54, 1.807) is 18.3 Å². The zero-order valence-electron chi connectivity index (χ0n) is 13.7. The van der Waals surface area contributed by atoms with Crippen LogP contribution in [0.2, 0.25) is 0 Å². The Balaban J connectivity index is 1.73. The Labute approximate surface area is 139 Å². The normalized spacial score (nSPS) is 10.8. The summed E-state index contributed by atoms with van der Waals surface area (Å²) in [6, 6.07) is 9.37. The fourth-order valence-electron chi connectivity index (χ4n) is 2.62. The van der Waals surface area contributed by atoms with Crippen LogP contribution in [0.25, 0.3) is 10.9 Å². The third kappa shape index (κ3) is 3.35. The van der Waals surface area contributed by atoms with E-state index in [9.17, 15) is 9.59 Å². The van der Waals surface area contributed by atoms with Gasteiger partial charge in [0.15, 0.2) is 0 Å². The minimum atomic E-state index is -0.188. The molecule has 0 radical (unpaired) electrons. The number of H-pyrrole nitrogens is 1. The molecule has 0 aliphatic carbocycles. The summed E-state index contributed by atoms with van der Waals surface area (Å²) in [5.74, 6) is -0.188. The number of hydrogen-bond acceptors (Lipinski definition) is 3. The van der Waals surface area contributed by atoms with Gasteiger partial charge in [-0.1, -0.05) is 0 Å². The molecular formula is C19H19N3O2. The molecule has 0 aliphatic heterocycles. The average Bonchev–Trinajstić information content (AvgIpc) is 2.58. The maximum absolute atomic E-state index is 12.2. The number of rotatable bonds is 4. The predicted octanol–water partition coefficient (Wildman–Crippen LogP) is 2.51. The summed E-state index contributed by atoms with van der Waals surface area (Å²) in [6.45, 7) is 4.47. The third-order valence-electron chi connectivity index (χ3n) is 4.14. The molecule has 0 bridgehead atoms. The fraction of sp³-hybridized carbons (Fsp3) is 0.211. The van der Waals surface area contributed by atoms with E-state index >= 15 is 0 Å². The van der Waals surface area contributed by atoms with Gasteiger partial charge >= 0.3 is 0 Å². The number of amides is 1. The lowest BCUT2D eigenvalue weighted by molar-refractivity contribution is 0.0953. The van der Waals surface area contributed by atoms with Gasteiger partial charge in [0.05, 0.1) is 5.56 Å². The number of nitrogens with zero attached hydrogens (tertiary/aromatic N) is 1. The standard InChI is InChI=1S/C19H19N3O2/c1-12-8-16-10-14(19(24)22-17(16)9-13(12)2)5-7-21-18(23)15-4-3-6-20-11-15/h3-4,6,8-11H,5,7H2,1-2H3,(H,21,23)(H,22,24). The highest BCUT2D eigenvalue weighted by atomic mass is 16.1. The van der Waals surface area contributed by atoms with Crippen LogP contribution in [-0.2, 0) is 6.42 Å². The van der Waals surface area contributed by atoms with Crippen LogP contribution in [-0.4, -0.2) is 22.4 Å². The SMILES string of the molecule is Cc1cc2cc(CCNC(=O)c3cccnc3)c(=O)[nH]c2cc1C. The topological polar surface area (TPSA) is 74.8 Å². The minimum absolute atomic E-state index is 0.110. The van der Waals surface area contributed by atoms with Gasteiger partial charge in [0.25, 0.3) is 11.5 Å². The van der Waals surface area contributed by atoms with Crippen molar-refractivity contribution in [2.45, 2.75) is 20.3 Å². The Morgan fingerprint density at radius 3 is 2.75 bits per heavy atom. The number of pyridine rings is 2. The summed E-state index contributed by atoms with van der Waals surface area (Å²) in [4.78, 5) is 31.0. The van der Waals surface area contributed by atoms with Crippen molar-refractivity contribution in [3.8, 4) is 0 Å². The molecule has 3 rings (SSSR count). The van der Waals surface area contributed by atoms with E-state index in [0.717, 1.165) is 16.5 Å². The Morgan fingerprint density at radius 2 is 2.00 bits per heavy atom. The number of benzene rings is 1. The number of carbonyl (C=O) groups is 1. The molecule has 0 aliphatic rings. The van der Waals surface area contributed by atoms with Gasteiger partial charge in [0.1, 0.15) is 0 Å². The van der Waals surface area contributed by atoms with Gasteiger partial charge < -0.3 is 10.3 Å². The number of aromatic amines is 1. The highest BCUT2D eigenvalue weighted by molar-refractivity contribution is 5.93. The lowest BCUT2D eigenvalue weighted by atomic mass is 10.0. The van der Waals surface area contributed by atoms with E-state index < -0.39 is 0 Å². The summed E-state index contributed by atoms with van der Waals surface area (Å²) in [5.41, 5.74) is 4.24. The van der Waals surface area contributed by atoms with Crippen molar-refractivity contribution in [3.63, 3.8) is 0 Å². The first-order valence-electron chi connectivity index (χ1n) is 7.86. The fourth-order valence-corrected chi connectivity index (χ4v) is 2.62. The number of fused-ring (bicyclic) bond motifs is 1. The van der Waals surface area contributed by atoms with E-state index in [1.165, 1.54) is 11.8 Å². The first kappa shape index (κ1) is 15.9. The number of carbonyl (C=O) groups excluding carboxylic acids is 1. The first-order valence-corrected chi connectivity index (χ1v) is 7.86. The number of aromatic nitrogens is 2. The van der Waals surface area contributed by atoms with Gasteiger partial charge in [0.2, 0.25) is 0 Å². The smallest absolute Gasteiger partial charge is 0.252 e. The van der Waals surface area contributed by atoms with E-state index in [4.69, 9.17) is 0 Å². The molecule has 0 atom stereocenters. The minimum Gasteiger partial charge on any atom is -0.352 e. The lowest BCUT2D eigenvalue weighted by Gasteiger charge is -2.08. The van der Waals surface area contributed by atoms with Crippen molar-refractivity contribution < 1.29 is 4.79 Å². The van der Waals surface area contributed by atoms with E-state index in [2.05, 4.69) is 21.4 Å². The van der Waals surface area contributed by atoms with Crippen LogP contribution < -0.4 is 10.9 Å². The van der Waals surface area contributed by atoms with Crippen molar-refractivity contribution in [2.75, 3.05) is 6.54 Å². The summed E-state index contributed by atoms with van der Waals surface area (Å²) in [7, 11) is 0. The van der Waals surface area contributed by atoms with Crippen LogP contribution >= 0.6 is 0 Å². The van der Waals surface area contributed by atoms with Crippen LogP contribution in [0, 0.1) is 13.8 Å². The van der Waals surface area contributed by atoms with Crippen LogP contribution in [0.3, 0.4) is 0 Å². The molecule has 24 heavy (non-hydrogen) atoms. The van der Waals surface area contributed by atoms with Gasteiger partial charge in [-0.05, 0) is 67.1 Å². The second-order valence-electron chi connectivity index (χ2n) is 5.90. The molecule has 2 N–H and O–H groups in total.